The molecule has 1 saturated heterocycles. The highest BCUT2D eigenvalue weighted by Crippen LogP contribution is 2.32. The van der Waals surface area contributed by atoms with E-state index < -0.39 is 0 Å². The van der Waals surface area contributed by atoms with E-state index in [1.807, 2.05) is 4.90 Å². The van der Waals surface area contributed by atoms with Crippen molar-refractivity contribution in [3.05, 3.63) is 35.6 Å². The highest BCUT2D eigenvalue weighted by atomic mass is 19.1. The molecular formula is C17H21FN2O2. The first-order valence-electron chi connectivity index (χ1n) is 7.95. The molecule has 2 amide bonds. The normalized spacial score (nSPS) is 21.2. The summed E-state index contributed by atoms with van der Waals surface area (Å²) in [4.78, 5) is 25.8. The Morgan fingerprint density at radius 2 is 2.00 bits per heavy atom. The van der Waals surface area contributed by atoms with Crippen molar-refractivity contribution in [3.8, 4) is 0 Å². The van der Waals surface area contributed by atoms with E-state index in [0.717, 1.165) is 31.2 Å². The average molecular weight is 304 g/mol. The summed E-state index contributed by atoms with van der Waals surface area (Å²) in [6.45, 7) is 1.16. The van der Waals surface area contributed by atoms with Gasteiger partial charge >= 0.3 is 0 Å². The van der Waals surface area contributed by atoms with Gasteiger partial charge < -0.3 is 10.2 Å². The number of amides is 2. The monoisotopic (exact) mass is 304 g/mol. The van der Waals surface area contributed by atoms with Crippen LogP contribution in [0.2, 0.25) is 0 Å². The Labute approximate surface area is 129 Å². The van der Waals surface area contributed by atoms with Crippen LogP contribution in [0.3, 0.4) is 0 Å². The Bertz CT molecular complexity index is 554. The van der Waals surface area contributed by atoms with Gasteiger partial charge in [0.15, 0.2) is 0 Å². The van der Waals surface area contributed by atoms with Crippen LogP contribution in [0.15, 0.2) is 24.3 Å². The Balaban J connectivity index is 1.37. The van der Waals surface area contributed by atoms with Crippen molar-refractivity contribution in [1.29, 1.82) is 0 Å². The summed E-state index contributed by atoms with van der Waals surface area (Å²) >= 11 is 0. The molecule has 0 radical (unpaired) electrons. The topological polar surface area (TPSA) is 49.4 Å². The second-order valence-electron chi connectivity index (χ2n) is 6.20. The quantitative estimate of drug-likeness (QED) is 0.816. The van der Waals surface area contributed by atoms with Crippen LogP contribution in [-0.4, -0.2) is 35.8 Å². The maximum atomic E-state index is 12.8. The molecule has 1 aromatic carbocycles. The van der Waals surface area contributed by atoms with Crippen molar-refractivity contribution in [2.24, 2.45) is 5.92 Å². The van der Waals surface area contributed by atoms with E-state index in [4.69, 9.17) is 0 Å². The lowest BCUT2D eigenvalue weighted by Gasteiger charge is -2.15. The van der Waals surface area contributed by atoms with Gasteiger partial charge in [0.25, 0.3) is 0 Å². The fraction of sp³-hybridized carbons (Fsp3) is 0.529. The number of nitrogens with one attached hydrogen (secondary N) is 1. The predicted molar refractivity (Wildman–Crippen MR) is 80.6 cm³/mol. The van der Waals surface area contributed by atoms with Crippen molar-refractivity contribution >= 4 is 11.8 Å². The molecule has 1 aliphatic carbocycles. The highest BCUT2D eigenvalue weighted by molar-refractivity contribution is 5.89. The summed E-state index contributed by atoms with van der Waals surface area (Å²) in [6, 6.07) is 6.82. The molecule has 0 spiro atoms. The van der Waals surface area contributed by atoms with Crippen LogP contribution < -0.4 is 5.32 Å². The predicted octanol–water partition coefficient (Wildman–Crippen LogP) is 1.89. The first kappa shape index (κ1) is 15.0. The van der Waals surface area contributed by atoms with Crippen molar-refractivity contribution in [3.63, 3.8) is 0 Å². The van der Waals surface area contributed by atoms with Crippen molar-refractivity contribution in [1.82, 2.24) is 10.2 Å². The number of nitrogens with zero attached hydrogens (tertiary/aromatic N) is 1. The number of carbonyl (C=O) groups is 2. The maximum absolute atomic E-state index is 12.8. The Morgan fingerprint density at radius 3 is 2.68 bits per heavy atom. The maximum Gasteiger partial charge on any atom is 0.225 e. The smallest absolute Gasteiger partial charge is 0.225 e. The minimum Gasteiger partial charge on any atom is -0.356 e. The van der Waals surface area contributed by atoms with Crippen LogP contribution in [0.5, 0.6) is 0 Å². The third-order valence-electron chi connectivity index (χ3n) is 4.37. The molecule has 1 aromatic rings. The molecule has 1 atom stereocenters. The zero-order valence-corrected chi connectivity index (χ0v) is 12.6. The number of hydrogen-bond acceptors (Lipinski definition) is 2. The van der Waals surface area contributed by atoms with Crippen LogP contribution >= 0.6 is 0 Å². The molecule has 1 aliphatic heterocycles. The number of rotatable bonds is 6. The minimum atomic E-state index is -0.233. The first-order chi connectivity index (χ1) is 10.6. The number of benzene rings is 1. The van der Waals surface area contributed by atoms with E-state index in [-0.39, 0.29) is 23.5 Å². The molecule has 0 bridgehead atoms. The SMILES string of the molecule is O=C(NCCCc1ccc(F)cc1)C1CC(=O)N(C2CC2)C1. The van der Waals surface area contributed by atoms with Crippen LogP contribution in [0.4, 0.5) is 4.39 Å². The Hall–Kier alpha value is -1.91. The third kappa shape index (κ3) is 3.64. The third-order valence-corrected chi connectivity index (χ3v) is 4.37. The van der Waals surface area contributed by atoms with Gasteiger partial charge in [-0.2, -0.15) is 0 Å². The molecule has 0 aromatic heterocycles. The van der Waals surface area contributed by atoms with Gasteiger partial charge in [0.05, 0.1) is 5.92 Å². The molecule has 22 heavy (non-hydrogen) atoms. The van der Waals surface area contributed by atoms with Crippen molar-refractivity contribution in [2.45, 2.75) is 38.1 Å². The van der Waals surface area contributed by atoms with Crippen molar-refractivity contribution in [2.75, 3.05) is 13.1 Å². The lowest BCUT2D eigenvalue weighted by molar-refractivity contribution is -0.129. The highest BCUT2D eigenvalue weighted by Gasteiger charge is 2.41. The number of halogens is 1. The summed E-state index contributed by atoms with van der Waals surface area (Å²) in [6.07, 6.45) is 4.12. The van der Waals surface area contributed by atoms with Crippen LogP contribution in [0, 0.1) is 11.7 Å². The summed E-state index contributed by atoms with van der Waals surface area (Å²) in [5.74, 6) is -0.327. The van der Waals surface area contributed by atoms with Crippen molar-refractivity contribution < 1.29 is 14.0 Å². The molecule has 2 fully saturated rings. The fourth-order valence-corrected chi connectivity index (χ4v) is 2.95. The van der Waals surface area contributed by atoms with Gasteiger partial charge in [-0.3, -0.25) is 9.59 Å². The van der Waals surface area contributed by atoms with Gasteiger partial charge in [-0.15, -0.1) is 0 Å². The Kier molecular flexibility index (Phi) is 4.41. The molecule has 1 N–H and O–H groups in total. The summed E-state index contributed by atoms with van der Waals surface area (Å²) in [5, 5.41) is 2.91. The average Bonchev–Trinajstić information content (AvgIpc) is 3.28. The van der Waals surface area contributed by atoms with Gasteiger partial charge in [-0.1, -0.05) is 12.1 Å². The van der Waals surface area contributed by atoms with Gasteiger partial charge in [-0.05, 0) is 43.4 Å². The number of carbonyl (C=O) groups excluding carboxylic acids is 2. The molecule has 2 aliphatic rings. The van der Waals surface area contributed by atoms with Crippen LogP contribution in [-0.2, 0) is 16.0 Å². The molecule has 1 heterocycles. The molecule has 1 unspecified atom stereocenters. The zero-order chi connectivity index (χ0) is 15.5. The van der Waals surface area contributed by atoms with E-state index in [9.17, 15) is 14.0 Å². The van der Waals surface area contributed by atoms with E-state index in [1.165, 1.54) is 12.1 Å². The molecule has 118 valence electrons. The number of likely N-dealkylation sites (tertiary alicyclic amines) is 1. The van der Waals surface area contributed by atoms with Crippen LogP contribution in [0.1, 0.15) is 31.2 Å². The molecule has 5 heteroatoms. The lowest BCUT2D eigenvalue weighted by atomic mass is 10.1. The lowest BCUT2D eigenvalue weighted by Crippen LogP contribution is -2.34. The summed E-state index contributed by atoms with van der Waals surface area (Å²) in [7, 11) is 0. The molecular weight excluding hydrogens is 283 g/mol. The van der Waals surface area contributed by atoms with Crippen LogP contribution in [0.25, 0.3) is 0 Å². The zero-order valence-electron chi connectivity index (χ0n) is 12.6. The molecule has 4 nitrogen and oxygen atoms in total. The van der Waals surface area contributed by atoms with Gasteiger partial charge in [0, 0.05) is 25.6 Å². The summed E-state index contributed by atoms with van der Waals surface area (Å²) in [5.41, 5.74) is 1.06. The number of aryl methyl sites for hydroxylation is 1. The van der Waals surface area contributed by atoms with Gasteiger partial charge in [-0.25, -0.2) is 4.39 Å². The summed E-state index contributed by atoms with van der Waals surface area (Å²) < 4.78 is 12.8. The standard InChI is InChI=1S/C17H21FN2O2/c18-14-5-3-12(4-6-14)2-1-9-19-17(22)13-10-16(21)20(11-13)15-7-8-15/h3-6,13,15H,1-2,7-11H2,(H,19,22). The first-order valence-corrected chi connectivity index (χ1v) is 7.95. The second-order valence-corrected chi connectivity index (χ2v) is 6.20. The molecule has 1 saturated carbocycles. The van der Waals surface area contributed by atoms with E-state index >= 15 is 0 Å². The Morgan fingerprint density at radius 1 is 1.27 bits per heavy atom. The van der Waals surface area contributed by atoms with E-state index in [0.29, 0.717) is 25.6 Å². The fourth-order valence-electron chi connectivity index (χ4n) is 2.95. The van der Waals surface area contributed by atoms with Gasteiger partial charge in [0.2, 0.25) is 11.8 Å². The second kappa shape index (κ2) is 6.46. The van der Waals surface area contributed by atoms with Gasteiger partial charge in [0.1, 0.15) is 5.82 Å². The minimum absolute atomic E-state index is 0.0180. The largest absolute Gasteiger partial charge is 0.356 e. The van der Waals surface area contributed by atoms with E-state index in [2.05, 4.69) is 5.32 Å². The molecule has 3 rings (SSSR count). The van der Waals surface area contributed by atoms with E-state index in [1.54, 1.807) is 12.1 Å². The number of hydrogen-bond donors (Lipinski definition) is 1.